The highest BCUT2D eigenvalue weighted by Gasteiger charge is 2.17. The Bertz CT molecular complexity index is 997. The van der Waals surface area contributed by atoms with Crippen LogP contribution in [0.1, 0.15) is 265 Å². The number of carbonyl (C=O) groups excluding carboxylic acids is 2. The zero-order chi connectivity index (χ0) is 43.5. The second-order valence-corrected chi connectivity index (χ2v) is 17.4. The highest BCUT2D eigenvalue weighted by molar-refractivity contribution is 5.70. The molecule has 0 aliphatic carbocycles. The summed E-state index contributed by atoms with van der Waals surface area (Å²) in [4.78, 5) is 25.3. The Morgan fingerprint density at radius 3 is 1.23 bits per heavy atom. The molecular weight excluding hydrogens is 741 g/mol. The van der Waals surface area contributed by atoms with Gasteiger partial charge in [-0.25, -0.2) is 0 Å². The quantitative estimate of drug-likeness (QED) is 0.0347. The molecule has 0 fully saturated rings. The summed E-state index contributed by atoms with van der Waals surface area (Å²) in [5.41, 5.74) is 0. The molecule has 0 aliphatic rings. The molecule has 0 bridgehead atoms. The van der Waals surface area contributed by atoms with E-state index >= 15 is 0 Å². The molecule has 0 rings (SSSR count). The Labute approximate surface area is 373 Å². The van der Waals surface area contributed by atoms with Crippen molar-refractivity contribution < 1.29 is 23.8 Å². The molecule has 0 spiro atoms. The van der Waals surface area contributed by atoms with Gasteiger partial charge in [0.2, 0.25) is 0 Å². The van der Waals surface area contributed by atoms with Gasteiger partial charge < -0.3 is 14.2 Å². The zero-order valence-electron chi connectivity index (χ0n) is 40.2. The molecule has 0 amide bonds. The second kappa shape index (κ2) is 51.2. The number of hydrogen-bond donors (Lipinski definition) is 0. The highest BCUT2D eigenvalue weighted by atomic mass is 16.6. The molecule has 0 aromatic carbocycles. The van der Waals surface area contributed by atoms with Gasteiger partial charge in [0.15, 0.2) is 6.10 Å². The van der Waals surface area contributed by atoms with Crippen molar-refractivity contribution in [2.45, 2.75) is 271 Å². The minimum absolute atomic E-state index is 0.0757. The lowest BCUT2D eigenvalue weighted by Gasteiger charge is -2.18. The first-order valence-corrected chi connectivity index (χ1v) is 26.2. The van der Waals surface area contributed by atoms with Crippen LogP contribution >= 0.6 is 0 Å². The molecule has 0 radical (unpaired) electrons. The van der Waals surface area contributed by atoms with E-state index < -0.39 is 6.10 Å². The first kappa shape index (κ1) is 57.9. The Morgan fingerprint density at radius 2 is 0.750 bits per heavy atom. The van der Waals surface area contributed by atoms with Crippen LogP contribution < -0.4 is 0 Å². The minimum Gasteiger partial charge on any atom is -0.462 e. The molecule has 350 valence electrons. The number of ether oxygens (including phenoxy) is 3. The van der Waals surface area contributed by atoms with Crippen LogP contribution in [0, 0.1) is 0 Å². The van der Waals surface area contributed by atoms with E-state index in [-0.39, 0.29) is 25.2 Å². The molecule has 0 saturated carbocycles. The number of esters is 2. The van der Waals surface area contributed by atoms with Crippen LogP contribution in [0.2, 0.25) is 0 Å². The Kier molecular flexibility index (Phi) is 49.4. The lowest BCUT2D eigenvalue weighted by molar-refractivity contribution is -0.163. The van der Waals surface area contributed by atoms with E-state index in [4.69, 9.17) is 14.2 Å². The maximum atomic E-state index is 12.8. The fourth-order valence-corrected chi connectivity index (χ4v) is 7.35. The van der Waals surface area contributed by atoms with Gasteiger partial charge in [-0.05, 0) is 89.9 Å². The summed E-state index contributed by atoms with van der Waals surface area (Å²) in [7, 11) is 0. The second-order valence-electron chi connectivity index (χ2n) is 17.4. The van der Waals surface area contributed by atoms with Crippen molar-refractivity contribution in [2.24, 2.45) is 0 Å². The summed E-state index contributed by atoms with van der Waals surface area (Å²) in [5, 5.41) is 0. The molecule has 5 nitrogen and oxygen atoms in total. The summed E-state index contributed by atoms with van der Waals surface area (Å²) >= 11 is 0. The van der Waals surface area contributed by atoms with E-state index in [0.717, 1.165) is 70.6 Å². The van der Waals surface area contributed by atoms with Gasteiger partial charge in [0.1, 0.15) is 6.61 Å². The summed E-state index contributed by atoms with van der Waals surface area (Å²) in [5.74, 6) is -0.418. The van der Waals surface area contributed by atoms with Crippen molar-refractivity contribution in [1.82, 2.24) is 0 Å². The summed E-state index contributed by atoms with van der Waals surface area (Å²) in [6.07, 6.45) is 62.7. The van der Waals surface area contributed by atoms with Gasteiger partial charge >= 0.3 is 11.9 Å². The van der Waals surface area contributed by atoms with Gasteiger partial charge in [-0.15, -0.1) is 0 Å². The van der Waals surface area contributed by atoms with Crippen molar-refractivity contribution in [3.63, 3.8) is 0 Å². The normalized spacial score (nSPS) is 12.5. The Morgan fingerprint density at radius 1 is 0.367 bits per heavy atom. The number of carbonyl (C=O) groups is 2. The number of allylic oxidation sites excluding steroid dienone is 8. The van der Waals surface area contributed by atoms with E-state index in [9.17, 15) is 9.59 Å². The molecule has 0 saturated heterocycles. The average Bonchev–Trinajstić information content (AvgIpc) is 3.25. The largest absolute Gasteiger partial charge is 0.462 e. The lowest BCUT2D eigenvalue weighted by Crippen LogP contribution is -2.30. The van der Waals surface area contributed by atoms with E-state index in [0.29, 0.717) is 19.4 Å². The predicted molar refractivity (Wildman–Crippen MR) is 261 cm³/mol. The Balaban J connectivity index is 4.20. The van der Waals surface area contributed by atoms with E-state index in [1.54, 1.807) is 0 Å². The van der Waals surface area contributed by atoms with Crippen LogP contribution in [-0.4, -0.2) is 37.9 Å². The maximum absolute atomic E-state index is 12.8. The summed E-state index contributed by atoms with van der Waals surface area (Å²) < 4.78 is 17.4. The van der Waals surface area contributed by atoms with Crippen LogP contribution in [0.4, 0.5) is 0 Å². The molecule has 0 aliphatic heterocycles. The van der Waals surface area contributed by atoms with Crippen molar-refractivity contribution in [1.29, 1.82) is 0 Å². The summed E-state index contributed by atoms with van der Waals surface area (Å²) in [6.45, 7) is 7.72. The number of hydrogen-bond acceptors (Lipinski definition) is 5. The average molecular weight is 841 g/mol. The topological polar surface area (TPSA) is 61.8 Å². The molecule has 0 aromatic heterocycles. The van der Waals surface area contributed by atoms with Gasteiger partial charge in [-0.3, -0.25) is 9.59 Å². The predicted octanol–water partition coefficient (Wildman–Crippen LogP) is 17.6. The van der Waals surface area contributed by atoms with Crippen LogP contribution in [0.15, 0.2) is 48.6 Å². The van der Waals surface area contributed by atoms with Crippen LogP contribution in [0.25, 0.3) is 0 Å². The SMILES string of the molecule is CCC/C=C\C/C=C\CCCCCCCC(=O)OCC(COCCCCCCCCCCCC/C=C\CCCCCCCC)OC(=O)CCCCCCC/C=C\CCCC. The Hall–Kier alpha value is -2.14. The number of unbranched alkanes of at least 4 members (excludes halogenated alkanes) is 29. The van der Waals surface area contributed by atoms with Crippen molar-refractivity contribution in [2.75, 3.05) is 19.8 Å². The third kappa shape index (κ3) is 48.5. The van der Waals surface area contributed by atoms with Crippen molar-refractivity contribution >= 4 is 11.9 Å². The molecule has 1 atom stereocenters. The fourth-order valence-electron chi connectivity index (χ4n) is 7.35. The van der Waals surface area contributed by atoms with E-state index in [2.05, 4.69) is 69.4 Å². The molecular formula is C55H100O5. The molecule has 1 unspecified atom stereocenters. The smallest absolute Gasteiger partial charge is 0.306 e. The molecule has 0 N–H and O–H groups in total. The van der Waals surface area contributed by atoms with Gasteiger partial charge in [0, 0.05) is 19.4 Å². The summed E-state index contributed by atoms with van der Waals surface area (Å²) in [6, 6.07) is 0. The van der Waals surface area contributed by atoms with Gasteiger partial charge in [-0.2, -0.15) is 0 Å². The first-order valence-electron chi connectivity index (χ1n) is 26.2. The zero-order valence-corrected chi connectivity index (χ0v) is 40.2. The van der Waals surface area contributed by atoms with E-state index in [1.807, 2.05) is 0 Å². The third-order valence-electron chi connectivity index (χ3n) is 11.3. The van der Waals surface area contributed by atoms with Crippen LogP contribution in [0.3, 0.4) is 0 Å². The van der Waals surface area contributed by atoms with E-state index in [1.165, 1.54) is 161 Å². The molecule has 60 heavy (non-hydrogen) atoms. The van der Waals surface area contributed by atoms with Crippen molar-refractivity contribution in [3.05, 3.63) is 48.6 Å². The monoisotopic (exact) mass is 841 g/mol. The van der Waals surface area contributed by atoms with Crippen LogP contribution in [0.5, 0.6) is 0 Å². The minimum atomic E-state index is -0.544. The molecule has 0 heterocycles. The first-order chi connectivity index (χ1) is 29.6. The number of rotatable bonds is 48. The standard InChI is InChI=1S/C55H100O5/c1-4-7-10-13-16-19-22-24-25-26-27-28-29-30-32-35-38-41-44-47-50-58-51-53(60-55(57)49-46-43-40-37-33-21-18-15-12-9-6-3)52-59-54(56)48-45-42-39-36-34-31-23-20-17-14-11-8-5-2/h11,14-15,18,20,23-25,53H,4-10,12-13,16-17,19,21-22,26-52H2,1-3H3/b14-11-,18-15-,23-20-,25-24-. The maximum Gasteiger partial charge on any atom is 0.306 e. The lowest BCUT2D eigenvalue weighted by atomic mass is 10.1. The van der Waals surface area contributed by atoms with Gasteiger partial charge in [-0.1, -0.05) is 211 Å². The van der Waals surface area contributed by atoms with Gasteiger partial charge in [0.05, 0.1) is 6.61 Å². The van der Waals surface area contributed by atoms with Crippen molar-refractivity contribution in [3.8, 4) is 0 Å². The van der Waals surface area contributed by atoms with Crippen LogP contribution in [-0.2, 0) is 23.8 Å². The highest BCUT2D eigenvalue weighted by Crippen LogP contribution is 2.14. The fraction of sp³-hybridized carbons (Fsp3) is 0.818. The van der Waals surface area contributed by atoms with Gasteiger partial charge in [0.25, 0.3) is 0 Å². The third-order valence-corrected chi connectivity index (χ3v) is 11.3. The molecule has 0 aromatic rings. The molecule has 5 heteroatoms.